The fraction of sp³-hybridized carbons (Fsp3) is 0.211. The Balaban J connectivity index is 1.90. The van der Waals surface area contributed by atoms with E-state index in [-0.39, 0.29) is 0 Å². The van der Waals surface area contributed by atoms with E-state index in [1.165, 1.54) is 22.3 Å². The molecule has 0 N–H and O–H groups in total. The van der Waals surface area contributed by atoms with Crippen LogP contribution in [0.2, 0.25) is 0 Å². The van der Waals surface area contributed by atoms with Gasteiger partial charge in [0.05, 0.1) is 18.2 Å². The van der Waals surface area contributed by atoms with Crippen LogP contribution in [0.5, 0.6) is 5.75 Å². The zero-order valence-corrected chi connectivity index (χ0v) is 12.1. The average Bonchev–Trinajstić information content (AvgIpc) is 2.55. The molecule has 2 aromatic carbocycles. The number of fused-ring (bicyclic) bond motifs is 1. The third-order valence-electron chi connectivity index (χ3n) is 3.80. The number of rotatable bonds is 3. The third kappa shape index (κ3) is 2.83. The molecule has 21 heavy (non-hydrogen) atoms. The van der Waals surface area contributed by atoms with Crippen LogP contribution in [-0.2, 0) is 6.42 Å². The minimum Gasteiger partial charge on any atom is -0.494 e. The van der Waals surface area contributed by atoms with Crippen molar-refractivity contribution in [2.24, 2.45) is 0 Å². The summed E-state index contributed by atoms with van der Waals surface area (Å²) in [6.07, 6.45) is 4.30. The van der Waals surface area contributed by atoms with E-state index >= 15 is 0 Å². The van der Waals surface area contributed by atoms with Gasteiger partial charge in [-0.05, 0) is 66.3 Å². The van der Waals surface area contributed by atoms with Crippen molar-refractivity contribution in [2.75, 3.05) is 6.61 Å². The van der Waals surface area contributed by atoms with Gasteiger partial charge in [-0.3, -0.25) is 0 Å². The summed E-state index contributed by atoms with van der Waals surface area (Å²) in [5.41, 5.74) is 5.85. The Kier molecular flexibility index (Phi) is 3.75. The molecule has 3 rings (SSSR count). The summed E-state index contributed by atoms with van der Waals surface area (Å²) in [5, 5.41) is 8.86. The predicted molar refractivity (Wildman–Crippen MR) is 85.0 cm³/mol. The number of ether oxygens (including phenoxy) is 1. The van der Waals surface area contributed by atoms with Crippen LogP contribution in [0.15, 0.2) is 42.5 Å². The van der Waals surface area contributed by atoms with E-state index in [4.69, 9.17) is 10.00 Å². The highest BCUT2D eigenvalue weighted by atomic mass is 16.5. The van der Waals surface area contributed by atoms with Gasteiger partial charge < -0.3 is 4.74 Å². The first-order valence-electron chi connectivity index (χ1n) is 7.27. The minimum atomic E-state index is 0.700. The Morgan fingerprint density at radius 1 is 1.10 bits per heavy atom. The van der Waals surface area contributed by atoms with E-state index in [1.807, 2.05) is 37.3 Å². The van der Waals surface area contributed by atoms with Crippen molar-refractivity contribution in [3.63, 3.8) is 0 Å². The summed E-state index contributed by atoms with van der Waals surface area (Å²) < 4.78 is 5.56. The first-order chi connectivity index (χ1) is 10.3. The molecule has 2 aromatic rings. The van der Waals surface area contributed by atoms with Crippen LogP contribution in [-0.4, -0.2) is 6.61 Å². The van der Waals surface area contributed by atoms with Crippen LogP contribution >= 0.6 is 0 Å². The summed E-state index contributed by atoms with van der Waals surface area (Å²) in [7, 11) is 0. The normalized spacial score (nSPS) is 13.0. The second-order valence-corrected chi connectivity index (χ2v) is 5.15. The van der Waals surface area contributed by atoms with Gasteiger partial charge in [0, 0.05) is 0 Å². The lowest BCUT2D eigenvalue weighted by atomic mass is 9.88. The van der Waals surface area contributed by atoms with Crippen molar-refractivity contribution in [3.05, 3.63) is 64.7 Å². The summed E-state index contributed by atoms with van der Waals surface area (Å²) >= 11 is 0. The Morgan fingerprint density at radius 2 is 1.90 bits per heavy atom. The lowest BCUT2D eigenvalue weighted by Gasteiger charge is -2.18. The standard InChI is InChI=1S/C19H17NO/c1-2-21-19-10-9-17-11-16(7-8-18(17)12-19)15-5-3-14(13-20)4-6-15/h3-6,9-12H,2,7-8H2,1H3. The Labute approximate surface area is 125 Å². The van der Waals surface area contributed by atoms with E-state index in [9.17, 15) is 0 Å². The van der Waals surface area contributed by atoms with Gasteiger partial charge in [0.1, 0.15) is 5.75 Å². The minimum absolute atomic E-state index is 0.700. The SMILES string of the molecule is CCOc1ccc2c(c1)CCC(c1ccc(C#N)cc1)=C2. The Bertz CT molecular complexity index is 720. The van der Waals surface area contributed by atoms with Gasteiger partial charge >= 0.3 is 0 Å². The van der Waals surface area contributed by atoms with Gasteiger partial charge in [-0.2, -0.15) is 5.26 Å². The number of allylic oxidation sites excluding steroid dienone is 1. The lowest BCUT2D eigenvalue weighted by Crippen LogP contribution is -2.00. The van der Waals surface area contributed by atoms with E-state index in [1.54, 1.807) is 0 Å². The largest absolute Gasteiger partial charge is 0.494 e. The van der Waals surface area contributed by atoms with Crippen LogP contribution in [0.1, 0.15) is 35.6 Å². The third-order valence-corrected chi connectivity index (χ3v) is 3.80. The molecule has 0 heterocycles. The molecule has 104 valence electrons. The number of nitriles is 1. The molecule has 0 unspecified atom stereocenters. The maximum atomic E-state index is 8.86. The second-order valence-electron chi connectivity index (χ2n) is 5.15. The molecule has 0 spiro atoms. The number of hydrogen-bond acceptors (Lipinski definition) is 2. The maximum absolute atomic E-state index is 8.86. The summed E-state index contributed by atoms with van der Waals surface area (Å²) in [5.74, 6) is 0.950. The fourth-order valence-electron chi connectivity index (χ4n) is 2.71. The number of nitrogens with zero attached hydrogens (tertiary/aromatic N) is 1. The van der Waals surface area contributed by atoms with Crippen LogP contribution < -0.4 is 4.74 Å². The molecular weight excluding hydrogens is 258 g/mol. The lowest BCUT2D eigenvalue weighted by molar-refractivity contribution is 0.340. The predicted octanol–water partition coefficient (Wildman–Crippen LogP) is 4.44. The van der Waals surface area contributed by atoms with Crippen LogP contribution in [0.25, 0.3) is 11.6 Å². The van der Waals surface area contributed by atoms with Crippen molar-refractivity contribution >= 4 is 11.6 Å². The molecule has 0 atom stereocenters. The molecule has 0 aliphatic heterocycles. The van der Waals surface area contributed by atoms with Crippen LogP contribution in [0, 0.1) is 11.3 Å². The summed E-state index contributed by atoms with van der Waals surface area (Å²) in [6.45, 7) is 2.70. The molecule has 1 aliphatic rings. The van der Waals surface area contributed by atoms with E-state index < -0.39 is 0 Å². The first-order valence-corrected chi connectivity index (χ1v) is 7.27. The molecule has 0 amide bonds. The van der Waals surface area contributed by atoms with Gasteiger partial charge in [0.25, 0.3) is 0 Å². The maximum Gasteiger partial charge on any atom is 0.119 e. The van der Waals surface area contributed by atoms with Gasteiger partial charge in [-0.1, -0.05) is 24.3 Å². The van der Waals surface area contributed by atoms with Crippen molar-refractivity contribution in [1.29, 1.82) is 5.26 Å². The van der Waals surface area contributed by atoms with Gasteiger partial charge in [0.2, 0.25) is 0 Å². The number of aryl methyl sites for hydroxylation is 1. The van der Waals surface area contributed by atoms with Gasteiger partial charge in [0.15, 0.2) is 0 Å². The Morgan fingerprint density at radius 3 is 2.62 bits per heavy atom. The zero-order valence-electron chi connectivity index (χ0n) is 12.1. The van der Waals surface area contributed by atoms with Crippen molar-refractivity contribution in [1.82, 2.24) is 0 Å². The van der Waals surface area contributed by atoms with Crippen molar-refractivity contribution in [3.8, 4) is 11.8 Å². The molecule has 0 aromatic heterocycles. The molecule has 0 saturated carbocycles. The number of hydrogen-bond donors (Lipinski definition) is 0. The van der Waals surface area contributed by atoms with E-state index in [0.717, 1.165) is 18.6 Å². The van der Waals surface area contributed by atoms with Crippen molar-refractivity contribution in [2.45, 2.75) is 19.8 Å². The van der Waals surface area contributed by atoms with Gasteiger partial charge in [-0.25, -0.2) is 0 Å². The molecule has 2 nitrogen and oxygen atoms in total. The number of benzene rings is 2. The highest BCUT2D eigenvalue weighted by molar-refractivity contribution is 5.84. The van der Waals surface area contributed by atoms with Crippen molar-refractivity contribution < 1.29 is 4.74 Å². The average molecular weight is 275 g/mol. The van der Waals surface area contributed by atoms with Gasteiger partial charge in [-0.15, -0.1) is 0 Å². The molecule has 0 radical (unpaired) electrons. The molecule has 1 aliphatic carbocycles. The van der Waals surface area contributed by atoms with E-state index in [2.05, 4.69) is 24.3 Å². The fourth-order valence-corrected chi connectivity index (χ4v) is 2.71. The molecule has 0 saturated heterocycles. The smallest absolute Gasteiger partial charge is 0.119 e. The molecule has 2 heteroatoms. The zero-order chi connectivity index (χ0) is 14.7. The molecule has 0 fully saturated rings. The highest BCUT2D eigenvalue weighted by Crippen LogP contribution is 2.32. The summed E-state index contributed by atoms with van der Waals surface area (Å²) in [6, 6.07) is 16.3. The first kappa shape index (κ1) is 13.5. The summed E-state index contributed by atoms with van der Waals surface area (Å²) in [4.78, 5) is 0. The quantitative estimate of drug-likeness (QED) is 0.829. The molecular formula is C19H17NO. The Hall–Kier alpha value is -2.53. The van der Waals surface area contributed by atoms with E-state index in [0.29, 0.717) is 12.2 Å². The highest BCUT2D eigenvalue weighted by Gasteiger charge is 2.12. The topological polar surface area (TPSA) is 33.0 Å². The second kappa shape index (κ2) is 5.85. The molecule has 0 bridgehead atoms. The monoisotopic (exact) mass is 275 g/mol. The van der Waals surface area contributed by atoms with Crippen LogP contribution in [0.4, 0.5) is 0 Å². The van der Waals surface area contributed by atoms with Crippen LogP contribution in [0.3, 0.4) is 0 Å².